The van der Waals surface area contributed by atoms with E-state index in [0.29, 0.717) is 29.9 Å². The number of aryl methyl sites for hydroxylation is 2. The van der Waals surface area contributed by atoms with E-state index in [1.54, 1.807) is 24.3 Å². The van der Waals surface area contributed by atoms with Gasteiger partial charge in [0, 0.05) is 17.8 Å². The average molecular weight is 344 g/mol. The van der Waals surface area contributed by atoms with Crippen LogP contribution in [0.15, 0.2) is 42.5 Å². The first-order valence-corrected chi connectivity index (χ1v) is 9.46. The average Bonchev–Trinajstić information content (AvgIpc) is 2.86. The summed E-state index contributed by atoms with van der Waals surface area (Å²) < 4.78 is 25.3. The Bertz CT molecular complexity index is 853. The highest BCUT2D eigenvalue weighted by Gasteiger charge is 2.28. The molecular weight excluding hydrogens is 324 g/mol. The quantitative estimate of drug-likeness (QED) is 0.930. The zero-order chi connectivity index (χ0) is 17.3. The maximum atomic E-state index is 12.3. The van der Waals surface area contributed by atoms with Crippen molar-refractivity contribution >= 4 is 27.3 Å². The van der Waals surface area contributed by atoms with E-state index < -0.39 is 10.0 Å². The number of rotatable bonds is 3. The lowest BCUT2D eigenvalue weighted by molar-refractivity contribution is 0.102. The Hall–Kier alpha value is -2.34. The van der Waals surface area contributed by atoms with E-state index in [4.69, 9.17) is 0 Å². The van der Waals surface area contributed by atoms with Gasteiger partial charge in [0.1, 0.15) is 0 Å². The largest absolute Gasteiger partial charge is 0.322 e. The molecule has 24 heavy (non-hydrogen) atoms. The van der Waals surface area contributed by atoms with E-state index in [0.717, 1.165) is 11.1 Å². The molecule has 0 spiro atoms. The van der Waals surface area contributed by atoms with Gasteiger partial charge in [-0.05, 0) is 56.7 Å². The summed E-state index contributed by atoms with van der Waals surface area (Å²) in [6.45, 7) is 4.42. The predicted octanol–water partition coefficient (Wildman–Crippen LogP) is 3.10. The molecule has 3 rings (SSSR count). The van der Waals surface area contributed by atoms with Crippen LogP contribution in [0, 0.1) is 13.8 Å². The van der Waals surface area contributed by atoms with Crippen molar-refractivity contribution in [2.75, 3.05) is 21.9 Å². The molecule has 1 aliphatic rings. The van der Waals surface area contributed by atoms with Crippen molar-refractivity contribution in [3.8, 4) is 0 Å². The van der Waals surface area contributed by atoms with Crippen LogP contribution in [0.4, 0.5) is 11.4 Å². The van der Waals surface area contributed by atoms with Crippen LogP contribution in [0.3, 0.4) is 0 Å². The van der Waals surface area contributed by atoms with Gasteiger partial charge in [-0.3, -0.25) is 9.10 Å². The molecule has 0 saturated carbocycles. The van der Waals surface area contributed by atoms with Gasteiger partial charge >= 0.3 is 0 Å². The van der Waals surface area contributed by atoms with Gasteiger partial charge < -0.3 is 5.32 Å². The molecular formula is C18H20N2O3S. The topological polar surface area (TPSA) is 66.5 Å². The molecule has 1 N–H and O–H groups in total. The Balaban J connectivity index is 1.75. The fraction of sp³-hybridized carbons (Fsp3) is 0.278. The second-order valence-corrected chi connectivity index (χ2v) is 8.13. The molecule has 0 bridgehead atoms. The van der Waals surface area contributed by atoms with Gasteiger partial charge in [0.25, 0.3) is 5.91 Å². The predicted molar refractivity (Wildman–Crippen MR) is 96.1 cm³/mol. The van der Waals surface area contributed by atoms with Crippen molar-refractivity contribution in [1.82, 2.24) is 0 Å². The molecule has 0 radical (unpaired) electrons. The molecule has 0 atom stereocenters. The normalized spacial score (nSPS) is 16.2. The second-order valence-electron chi connectivity index (χ2n) is 6.12. The lowest BCUT2D eigenvalue weighted by Gasteiger charge is -2.17. The number of carbonyl (C=O) groups excluding carboxylic acids is 1. The monoisotopic (exact) mass is 344 g/mol. The summed E-state index contributed by atoms with van der Waals surface area (Å²) in [6, 6.07) is 12.6. The van der Waals surface area contributed by atoms with E-state index in [2.05, 4.69) is 5.32 Å². The van der Waals surface area contributed by atoms with Crippen LogP contribution in [0.5, 0.6) is 0 Å². The SMILES string of the molecule is Cc1cc(C)cc(C(=O)Nc2ccc(N3CCCS3(=O)=O)cc2)c1. The van der Waals surface area contributed by atoms with Gasteiger partial charge in [0.05, 0.1) is 11.4 Å². The number of amides is 1. The summed E-state index contributed by atoms with van der Waals surface area (Å²) in [4.78, 5) is 12.3. The van der Waals surface area contributed by atoms with Crippen molar-refractivity contribution in [3.63, 3.8) is 0 Å². The van der Waals surface area contributed by atoms with Crippen molar-refractivity contribution in [1.29, 1.82) is 0 Å². The molecule has 0 unspecified atom stereocenters. The van der Waals surface area contributed by atoms with Crippen LogP contribution in [0.2, 0.25) is 0 Å². The maximum absolute atomic E-state index is 12.3. The molecule has 0 aromatic heterocycles. The molecule has 1 saturated heterocycles. The number of carbonyl (C=O) groups is 1. The number of nitrogens with one attached hydrogen (secondary N) is 1. The van der Waals surface area contributed by atoms with Gasteiger partial charge in [-0.25, -0.2) is 8.42 Å². The highest BCUT2D eigenvalue weighted by atomic mass is 32.2. The Labute approximate surface area is 142 Å². The van der Waals surface area contributed by atoms with Crippen LogP contribution in [0.1, 0.15) is 27.9 Å². The zero-order valence-corrected chi connectivity index (χ0v) is 14.6. The molecule has 2 aromatic rings. The van der Waals surface area contributed by atoms with Crippen LogP contribution < -0.4 is 9.62 Å². The Morgan fingerprint density at radius 3 is 2.21 bits per heavy atom. The van der Waals surface area contributed by atoms with E-state index in [1.807, 2.05) is 32.0 Å². The molecule has 6 heteroatoms. The van der Waals surface area contributed by atoms with Crippen molar-refractivity contribution in [3.05, 3.63) is 59.2 Å². The fourth-order valence-electron chi connectivity index (χ4n) is 2.95. The summed E-state index contributed by atoms with van der Waals surface area (Å²) in [5.74, 6) is 0.0152. The molecule has 1 heterocycles. The summed E-state index contributed by atoms with van der Waals surface area (Å²) in [5, 5.41) is 2.84. The lowest BCUT2D eigenvalue weighted by atomic mass is 10.1. The fourth-order valence-corrected chi connectivity index (χ4v) is 4.51. The first-order chi connectivity index (χ1) is 11.3. The number of anilines is 2. The van der Waals surface area contributed by atoms with Crippen molar-refractivity contribution in [2.24, 2.45) is 0 Å². The van der Waals surface area contributed by atoms with Gasteiger partial charge in [0.2, 0.25) is 10.0 Å². The maximum Gasteiger partial charge on any atom is 0.255 e. The number of benzene rings is 2. The van der Waals surface area contributed by atoms with E-state index in [-0.39, 0.29) is 11.7 Å². The van der Waals surface area contributed by atoms with Gasteiger partial charge in [-0.15, -0.1) is 0 Å². The van der Waals surface area contributed by atoms with Gasteiger partial charge in [0.15, 0.2) is 0 Å². The molecule has 1 amide bonds. The molecule has 0 aliphatic carbocycles. The third kappa shape index (κ3) is 3.43. The molecule has 5 nitrogen and oxygen atoms in total. The first-order valence-electron chi connectivity index (χ1n) is 7.85. The highest BCUT2D eigenvalue weighted by molar-refractivity contribution is 7.93. The van der Waals surface area contributed by atoms with Crippen LogP contribution in [-0.2, 0) is 10.0 Å². The van der Waals surface area contributed by atoms with E-state index >= 15 is 0 Å². The van der Waals surface area contributed by atoms with E-state index in [1.165, 1.54) is 4.31 Å². The number of nitrogens with zero attached hydrogens (tertiary/aromatic N) is 1. The highest BCUT2D eigenvalue weighted by Crippen LogP contribution is 2.25. The van der Waals surface area contributed by atoms with E-state index in [9.17, 15) is 13.2 Å². The van der Waals surface area contributed by atoms with Crippen LogP contribution >= 0.6 is 0 Å². The molecule has 2 aromatic carbocycles. The summed E-state index contributed by atoms with van der Waals surface area (Å²) in [6.07, 6.45) is 0.646. The third-order valence-electron chi connectivity index (χ3n) is 4.00. The standard InChI is InChI=1S/C18H20N2O3S/c1-13-10-14(2)12-15(11-13)18(21)19-16-4-6-17(7-5-16)20-8-3-9-24(20,22)23/h4-7,10-12H,3,8-9H2,1-2H3,(H,19,21). The smallest absolute Gasteiger partial charge is 0.255 e. The minimum Gasteiger partial charge on any atom is -0.322 e. The van der Waals surface area contributed by atoms with Crippen molar-refractivity contribution in [2.45, 2.75) is 20.3 Å². The van der Waals surface area contributed by atoms with Crippen LogP contribution in [-0.4, -0.2) is 26.6 Å². The second kappa shape index (κ2) is 6.28. The van der Waals surface area contributed by atoms with Crippen LogP contribution in [0.25, 0.3) is 0 Å². The summed E-state index contributed by atoms with van der Waals surface area (Å²) in [7, 11) is -3.18. The lowest BCUT2D eigenvalue weighted by Crippen LogP contribution is -2.25. The first kappa shape index (κ1) is 16.5. The Morgan fingerprint density at radius 2 is 1.67 bits per heavy atom. The molecule has 126 valence electrons. The van der Waals surface area contributed by atoms with Gasteiger partial charge in [-0.1, -0.05) is 17.2 Å². The third-order valence-corrected chi connectivity index (χ3v) is 5.87. The zero-order valence-electron chi connectivity index (χ0n) is 13.7. The number of hydrogen-bond acceptors (Lipinski definition) is 3. The van der Waals surface area contributed by atoms with Gasteiger partial charge in [-0.2, -0.15) is 0 Å². The Morgan fingerprint density at radius 1 is 1.04 bits per heavy atom. The minimum absolute atomic E-state index is 0.177. The minimum atomic E-state index is -3.18. The summed E-state index contributed by atoms with van der Waals surface area (Å²) in [5.41, 5.74) is 3.96. The number of sulfonamides is 1. The van der Waals surface area contributed by atoms with Crippen molar-refractivity contribution < 1.29 is 13.2 Å². The molecule has 1 aliphatic heterocycles. The molecule has 1 fully saturated rings. The Kier molecular flexibility index (Phi) is 4.32. The summed E-state index contributed by atoms with van der Waals surface area (Å²) >= 11 is 0. The number of hydrogen-bond donors (Lipinski definition) is 1.